The molecule has 3 aromatic carbocycles. The quantitative estimate of drug-likeness (QED) is 0.333. The van der Waals surface area contributed by atoms with Gasteiger partial charge in [0.25, 0.3) is 5.91 Å². The average molecular weight is 528 g/mol. The Morgan fingerprint density at radius 3 is 2.36 bits per heavy atom. The fourth-order valence-electron chi connectivity index (χ4n) is 4.61. The van der Waals surface area contributed by atoms with Crippen LogP contribution in [0.5, 0.6) is 23.0 Å². The summed E-state index contributed by atoms with van der Waals surface area (Å²) in [6.07, 6.45) is 0. The molecule has 10 nitrogen and oxygen atoms in total. The number of carbonyl (C=O) groups excluding carboxylic acids is 1. The van der Waals surface area contributed by atoms with E-state index < -0.39 is 6.04 Å². The van der Waals surface area contributed by atoms with Crippen molar-refractivity contribution in [3.63, 3.8) is 0 Å². The van der Waals surface area contributed by atoms with Gasteiger partial charge >= 0.3 is 0 Å². The number of amides is 1. The van der Waals surface area contributed by atoms with Crippen LogP contribution in [0, 0.1) is 0 Å². The van der Waals surface area contributed by atoms with Crippen molar-refractivity contribution in [3.8, 4) is 34.4 Å². The SMILES string of the molecule is COc1cccc(-c2nc3n(n2)C(c2cc(OC)ccc2OC)C(C(=O)Nc2ccccc2OC)=C(C)N3)c1. The molecule has 1 amide bonds. The van der Waals surface area contributed by atoms with Crippen molar-refractivity contribution in [2.24, 2.45) is 0 Å². The number of hydrogen-bond donors (Lipinski definition) is 2. The lowest BCUT2D eigenvalue weighted by atomic mass is 9.94. The van der Waals surface area contributed by atoms with E-state index >= 15 is 0 Å². The number of rotatable bonds is 8. The van der Waals surface area contributed by atoms with E-state index in [9.17, 15) is 4.79 Å². The van der Waals surface area contributed by atoms with E-state index in [1.54, 1.807) is 57.4 Å². The molecule has 1 aliphatic rings. The lowest BCUT2D eigenvalue weighted by Gasteiger charge is -2.29. The molecular formula is C29H29N5O5. The van der Waals surface area contributed by atoms with Crippen LogP contribution in [-0.2, 0) is 4.79 Å². The first-order valence-corrected chi connectivity index (χ1v) is 12.2. The van der Waals surface area contributed by atoms with E-state index in [2.05, 4.69) is 10.6 Å². The molecule has 4 aromatic rings. The molecule has 0 bridgehead atoms. The van der Waals surface area contributed by atoms with Crippen LogP contribution in [0.3, 0.4) is 0 Å². The first-order chi connectivity index (χ1) is 19.0. The second-order valence-corrected chi connectivity index (χ2v) is 8.76. The molecule has 39 heavy (non-hydrogen) atoms. The largest absolute Gasteiger partial charge is 0.497 e. The van der Waals surface area contributed by atoms with Gasteiger partial charge in [0.1, 0.15) is 29.0 Å². The molecule has 1 aliphatic heterocycles. The molecule has 2 N–H and O–H groups in total. The summed E-state index contributed by atoms with van der Waals surface area (Å²) in [5, 5.41) is 11.1. The molecule has 0 saturated heterocycles. The molecule has 5 rings (SSSR count). The van der Waals surface area contributed by atoms with Crippen LogP contribution in [0.15, 0.2) is 78.0 Å². The van der Waals surface area contributed by atoms with Crippen LogP contribution in [0.1, 0.15) is 18.5 Å². The lowest BCUT2D eigenvalue weighted by Crippen LogP contribution is -2.31. The Hall–Kier alpha value is -4.99. The smallest absolute Gasteiger partial charge is 0.255 e. The monoisotopic (exact) mass is 527 g/mol. The van der Waals surface area contributed by atoms with Gasteiger partial charge in [0.2, 0.25) is 5.95 Å². The summed E-state index contributed by atoms with van der Waals surface area (Å²) in [5.41, 5.74) is 3.05. The highest BCUT2D eigenvalue weighted by Gasteiger charge is 2.36. The van der Waals surface area contributed by atoms with Crippen LogP contribution >= 0.6 is 0 Å². The number of para-hydroxylation sites is 2. The summed E-state index contributed by atoms with van der Waals surface area (Å²) < 4.78 is 23.8. The molecule has 0 fully saturated rings. The van der Waals surface area contributed by atoms with E-state index in [4.69, 9.17) is 29.0 Å². The predicted molar refractivity (Wildman–Crippen MR) is 148 cm³/mol. The van der Waals surface area contributed by atoms with Gasteiger partial charge in [0, 0.05) is 16.8 Å². The summed E-state index contributed by atoms with van der Waals surface area (Å²) in [4.78, 5) is 18.7. The second-order valence-electron chi connectivity index (χ2n) is 8.76. The number of nitrogens with zero attached hydrogens (tertiary/aromatic N) is 3. The molecule has 200 valence electrons. The summed E-state index contributed by atoms with van der Waals surface area (Å²) in [6.45, 7) is 1.83. The van der Waals surface area contributed by atoms with Crippen LogP contribution in [0.25, 0.3) is 11.4 Å². The number of hydrogen-bond acceptors (Lipinski definition) is 8. The van der Waals surface area contributed by atoms with Gasteiger partial charge in [-0.15, -0.1) is 5.10 Å². The number of allylic oxidation sites excluding steroid dienone is 1. The lowest BCUT2D eigenvalue weighted by molar-refractivity contribution is -0.113. The summed E-state index contributed by atoms with van der Waals surface area (Å²) in [7, 11) is 6.34. The first kappa shape index (κ1) is 25.7. The van der Waals surface area contributed by atoms with Gasteiger partial charge in [-0.25, -0.2) is 4.68 Å². The number of fused-ring (bicyclic) bond motifs is 1. The molecule has 1 unspecified atom stereocenters. The van der Waals surface area contributed by atoms with Gasteiger partial charge in [-0.3, -0.25) is 4.79 Å². The van der Waals surface area contributed by atoms with Crippen molar-refractivity contribution in [3.05, 3.63) is 83.6 Å². The highest BCUT2D eigenvalue weighted by Crippen LogP contribution is 2.42. The van der Waals surface area contributed by atoms with E-state index in [1.165, 1.54) is 0 Å². The zero-order valence-corrected chi connectivity index (χ0v) is 22.3. The van der Waals surface area contributed by atoms with Crippen LogP contribution < -0.4 is 29.6 Å². The average Bonchev–Trinajstić information content (AvgIpc) is 3.40. The van der Waals surface area contributed by atoms with Gasteiger partial charge in [0.05, 0.1) is 39.7 Å². The van der Waals surface area contributed by atoms with Crippen molar-refractivity contribution < 1.29 is 23.7 Å². The van der Waals surface area contributed by atoms with Crippen molar-refractivity contribution >= 4 is 17.5 Å². The maximum atomic E-state index is 13.9. The first-order valence-electron chi connectivity index (χ1n) is 12.2. The molecule has 0 aliphatic carbocycles. The number of anilines is 2. The predicted octanol–water partition coefficient (Wildman–Crippen LogP) is 4.91. The van der Waals surface area contributed by atoms with Crippen LogP contribution in [0.2, 0.25) is 0 Å². The molecule has 0 spiro atoms. The van der Waals surface area contributed by atoms with E-state index in [0.29, 0.717) is 57.3 Å². The van der Waals surface area contributed by atoms with E-state index in [1.807, 2.05) is 49.4 Å². The summed E-state index contributed by atoms with van der Waals surface area (Å²) in [6, 6.07) is 19.5. The number of aromatic nitrogens is 3. The summed E-state index contributed by atoms with van der Waals surface area (Å²) >= 11 is 0. The number of ether oxygens (including phenoxy) is 4. The van der Waals surface area contributed by atoms with Gasteiger partial charge in [-0.05, 0) is 49.4 Å². The minimum Gasteiger partial charge on any atom is -0.497 e. The van der Waals surface area contributed by atoms with Crippen molar-refractivity contribution in [2.75, 3.05) is 39.1 Å². The van der Waals surface area contributed by atoms with E-state index in [-0.39, 0.29) is 5.91 Å². The zero-order valence-electron chi connectivity index (χ0n) is 22.3. The third kappa shape index (κ3) is 4.84. The Morgan fingerprint density at radius 2 is 1.62 bits per heavy atom. The van der Waals surface area contributed by atoms with Crippen molar-refractivity contribution in [1.29, 1.82) is 0 Å². The normalized spacial score (nSPS) is 14.2. The maximum absolute atomic E-state index is 13.9. The van der Waals surface area contributed by atoms with Crippen LogP contribution in [-0.4, -0.2) is 49.1 Å². The standard InChI is InChI=1S/C29H29N5O5/c1-17-25(28(35)31-22-11-6-7-12-24(22)39-5)26(21-16-20(37-3)13-14-23(21)38-4)34-29(30-17)32-27(33-34)18-9-8-10-19(15-18)36-2/h6-16,26H,1-5H3,(H,31,35)(H,30,32,33). The Labute approximate surface area is 226 Å². The topological polar surface area (TPSA) is 109 Å². The third-order valence-corrected chi connectivity index (χ3v) is 6.51. The highest BCUT2D eigenvalue weighted by atomic mass is 16.5. The Bertz CT molecular complexity index is 1560. The molecule has 0 radical (unpaired) electrons. The van der Waals surface area contributed by atoms with Gasteiger partial charge in [-0.2, -0.15) is 4.98 Å². The van der Waals surface area contributed by atoms with Gasteiger partial charge in [0.15, 0.2) is 5.82 Å². The Balaban J connectivity index is 1.66. The fraction of sp³-hybridized carbons (Fsp3) is 0.207. The summed E-state index contributed by atoms with van der Waals surface area (Å²) in [5.74, 6) is 3.04. The minimum atomic E-state index is -0.687. The number of nitrogens with one attached hydrogen (secondary N) is 2. The number of benzene rings is 3. The molecule has 1 atom stereocenters. The number of carbonyl (C=O) groups is 1. The molecule has 1 aromatic heterocycles. The highest BCUT2D eigenvalue weighted by molar-refractivity contribution is 6.06. The van der Waals surface area contributed by atoms with Gasteiger partial charge in [-0.1, -0.05) is 24.3 Å². The fourth-order valence-corrected chi connectivity index (χ4v) is 4.61. The van der Waals surface area contributed by atoms with Gasteiger partial charge < -0.3 is 29.6 Å². The van der Waals surface area contributed by atoms with E-state index in [0.717, 1.165) is 5.56 Å². The van der Waals surface area contributed by atoms with Crippen molar-refractivity contribution in [1.82, 2.24) is 14.8 Å². The zero-order chi connectivity index (χ0) is 27.5. The number of methoxy groups -OCH3 is 4. The third-order valence-electron chi connectivity index (χ3n) is 6.51. The molecule has 10 heteroatoms. The maximum Gasteiger partial charge on any atom is 0.255 e. The molecule has 2 heterocycles. The Morgan fingerprint density at radius 1 is 0.872 bits per heavy atom. The Kier molecular flexibility index (Phi) is 7.09. The minimum absolute atomic E-state index is 0.330. The van der Waals surface area contributed by atoms with Crippen LogP contribution in [0.4, 0.5) is 11.6 Å². The molecular weight excluding hydrogens is 498 g/mol. The van der Waals surface area contributed by atoms with Crippen molar-refractivity contribution in [2.45, 2.75) is 13.0 Å². The second kappa shape index (κ2) is 10.8. The molecule has 0 saturated carbocycles.